The Hall–Kier alpha value is -1.32. The summed E-state index contributed by atoms with van der Waals surface area (Å²) in [5.41, 5.74) is 0.500. The van der Waals surface area contributed by atoms with Crippen LogP contribution in [0.3, 0.4) is 0 Å². The Labute approximate surface area is 179 Å². The molecule has 0 unspecified atom stereocenters. The van der Waals surface area contributed by atoms with Crippen LogP contribution < -0.4 is 0 Å². The third-order valence-electron chi connectivity index (χ3n) is 0.250. The first-order chi connectivity index (χ1) is 12.0. The van der Waals surface area contributed by atoms with Crippen LogP contribution >= 0.6 is 0 Å². The molecule has 0 aliphatic heterocycles. The van der Waals surface area contributed by atoms with Crippen molar-refractivity contribution in [2.24, 2.45) is 5.41 Å². The molecule has 0 heteroatoms. The van der Waals surface area contributed by atoms with Gasteiger partial charge in [-0.25, -0.2) is 0 Å². The van der Waals surface area contributed by atoms with Crippen molar-refractivity contribution >= 4 is 0 Å². The van der Waals surface area contributed by atoms with Gasteiger partial charge in [-0.2, -0.15) is 0 Å². The lowest BCUT2D eigenvalue weighted by Gasteiger charge is -2.05. The minimum absolute atomic E-state index is 0. The first-order valence-corrected chi connectivity index (χ1v) is 10.0. The molecule has 0 aliphatic rings. The molecule has 0 saturated carbocycles. The van der Waals surface area contributed by atoms with Crippen LogP contribution in [0.1, 0.15) is 137 Å². The molecular formula is C27H60. The van der Waals surface area contributed by atoms with Crippen molar-refractivity contribution in [2.45, 2.75) is 137 Å². The summed E-state index contributed by atoms with van der Waals surface area (Å²) in [7, 11) is 0. The minimum atomic E-state index is 0. The molecule has 0 spiro atoms. The van der Waals surface area contributed by atoms with Crippen LogP contribution in [-0.4, -0.2) is 0 Å². The summed E-state index contributed by atoms with van der Waals surface area (Å²) in [6.45, 7) is 31.0. The zero-order chi connectivity index (χ0) is 23.4. The third-order valence-corrected chi connectivity index (χ3v) is 0.250. The predicted molar refractivity (Wildman–Crippen MR) is 139 cm³/mol. The van der Waals surface area contributed by atoms with Crippen LogP contribution in [-0.2, 0) is 0 Å². The van der Waals surface area contributed by atoms with Gasteiger partial charge in [-0.15, -0.1) is 37.0 Å². The van der Waals surface area contributed by atoms with Crippen molar-refractivity contribution in [2.75, 3.05) is 0 Å². The molecule has 0 rings (SSSR count). The van der Waals surface area contributed by atoms with Crippen molar-refractivity contribution in [1.82, 2.24) is 0 Å². The molecule has 0 nitrogen and oxygen atoms in total. The van der Waals surface area contributed by atoms with Gasteiger partial charge in [-0.1, -0.05) is 116 Å². The molecule has 27 heavy (non-hydrogen) atoms. The molecule has 0 saturated heterocycles. The third kappa shape index (κ3) is 124000. The van der Waals surface area contributed by atoms with Crippen LogP contribution in [0.15, 0.2) is 0 Å². The van der Waals surface area contributed by atoms with Gasteiger partial charge >= 0.3 is 0 Å². The van der Waals surface area contributed by atoms with Crippen molar-refractivity contribution in [3.63, 3.8) is 0 Å². The maximum absolute atomic E-state index is 4.60. The van der Waals surface area contributed by atoms with Crippen LogP contribution in [0.25, 0.3) is 0 Å². The van der Waals surface area contributed by atoms with Crippen LogP contribution in [0.2, 0.25) is 0 Å². The van der Waals surface area contributed by atoms with Crippen molar-refractivity contribution in [3.05, 3.63) is 0 Å². The van der Waals surface area contributed by atoms with Crippen LogP contribution in [0.4, 0.5) is 0 Å². The summed E-state index contributed by atoms with van der Waals surface area (Å²) in [6.07, 6.45) is 17.6. The van der Waals surface area contributed by atoms with E-state index in [4.69, 9.17) is 0 Å². The molecule has 0 atom stereocenters. The summed E-state index contributed by atoms with van der Waals surface area (Å²) >= 11 is 0. The highest BCUT2D eigenvalue weighted by molar-refractivity contribution is 4.89. The number of hydrogen-bond acceptors (Lipinski definition) is 0. The van der Waals surface area contributed by atoms with Gasteiger partial charge < -0.3 is 0 Å². The van der Waals surface area contributed by atoms with E-state index in [1.807, 2.05) is 13.8 Å². The van der Waals surface area contributed by atoms with E-state index >= 15 is 0 Å². The van der Waals surface area contributed by atoms with E-state index in [0.717, 1.165) is 0 Å². The van der Waals surface area contributed by atoms with Gasteiger partial charge in [-0.3, -0.25) is 0 Å². The number of rotatable bonds is 0. The largest absolute Gasteiger partial charge is 0.124 e. The Kier molecular flexibility index (Phi) is 211. The lowest BCUT2D eigenvalue weighted by Crippen LogP contribution is -1.93. The van der Waals surface area contributed by atoms with Crippen molar-refractivity contribution in [1.29, 1.82) is 0 Å². The van der Waals surface area contributed by atoms with Gasteiger partial charge in [0, 0.05) is 0 Å². The van der Waals surface area contributed by atoms with E-state index in [9.17, 15) is 0 Å². The van der Waals surface area contributed by atoms with Gasteiger partial charge in [0.25, 0.3) is 0 Å². The average Bonchev–Trinajstić information content (AvgIpc) is 2.51. The van der Waals surface area contributed by atoms with Gasteiger partial charge in [0.1, 0.15) is 0 Å². The molecule has 0 aromatic rings. The second-order valence-electron chi connectivity index (χ2n) is 6.62. The first-order valence-electron chi connectivity index (χ1n) is 10.0. The smallest absolute Gasteiger partial charge is 0.00271 e. The fourth-order valence-corrected chi connectivity index (χ4v) is 0. The Bertz CT molecular complexity index is 211. The molecule has 0 bridgehead atoms. The molecule has 0 N–H and O–H groups in total. The number of terminal acetylenes is 2. The van der Waals surface area contributed by atoms with Gasteiger partial charge in [0.05, 0.1) is 0 Å². The summed E-state index contributed by atoms with van der Waals surface area (Å²) < 4.78 is 0. The summed E-state index contributed by atoms with van der Waals surface area (Å²) in [5.74, 6) is 7.61. The Morgan fingerprint density at radius 2 is 0.593 bits per heavy atom. The summed E-state index contributed by atoms with van der Waals surface area (Å²) in [6, 6.07) is 0. The van der Waals surface area contributed by atoms with E-state index in [2.05, 4.69) is 120 Å². The highest BCUT2D eigenvalue weighted by atomic mass is 14.0. The second-order valence-corrected chi connectivity index (χ2v) is 6.62. The van der Waals surface area contributed by atoms with Gasteiger partial charge in [-0.05, 0) is 26.2 Å². The van der Waals surface area contributed by atoms with Crippen LogP contribution in [0, 0.1) is 42.4 Å². The molecular weight excluding hydrogens is 324 g/mol. The second kappa shape index (κ2) is 101. The van der Waals surface area contributed by atoms with Crippen molar-refractivity contribution in [3.8, 4) is 37.0 Å². The molecule has 0 aromatic carbocycles. The lowest BCUT2D eigenvalue weighted by molar-refractivity contribution is 0.469. The first kappa shape index (κ1) is 56.2. The van der Waals surface area contributed by atoms with Gasteiger partial charge in [0.2, 0.25) is 0 Å². The maximum atomic E-state index is 4.60. The predicted octanol–water partition coefficient (Wildman–Crippen LogP) is 10.3. The van der Waals surface area contributed by atoms with E-state index in [1.54, 1.807) is 6.92 Å². The highest BCUT2D eigenvalue weighted by Crippen LogP contribution is 2.08. The Morgan fingerprint density at radius 1 is 0.556 bits per heavy atom. The summed E-state index contributed by atoms with van der Waals surface area (Å²) in [4.78, 5) is 0. The standard InChI is InChI=1S/C5H12.C4H6.4C3H8.C3H4.C2H2.CH4/c1-5(2,3)4;1-3-4-2;5*1-3-2;1-2;/h1-4H3;1-2H3;4*3H2,1-2H3;1H,2H3;1-2H;1H4. The van der Waals surface area contributed by atoms with E-state index < -0.39 is 0 Å². The molecule has 0 fully saturated rings. The molecule has 0 heterocycles. The number of hydrogen-bond donors (Lipinski definition) is 0. The Morgan fingerprint density at radius 3 is 0.593 bits per heavy atom. The normalized spacial score (nSPS) is 5.78. The van der Waals surface area contributed by atoms with E-state index in [0.29, 0.717) is 5.41 Å². The maximum Gasteiger partial charge on any atom is -0.00271 e. The molecule has 0 aliphatic carbocycles. The zero-order valence-corrected chi connectivity index (χ0v) is 21.6. The lowest BCUT2D eigenvalue weighted by atomic mass is 10.0. The zero-order valence-electron chi connectivity index (χ0n) is 21.6. The molecule has 0 amide bonds. The average molecular weight is 385 g/mol. The molecule has 168 valence electrons. The molecule has 0 aromatic heterocycles. The minimum Gasteiger partial charge on any atom is -0.124 e. The van der Waals surface area contributed by atoms with Gasteiger partial charge in [0.15, 0.2) is 0 Å². The monoisotopic (exact) mass is 384 g/mol. The highest BCUT2D eigenvalue weighted by Gasteiger charge is 1.95. The van der Waals surface area contributed by atoms with Crippen molar-refractivity contribution < 1.29 is 0 Å². The topological polar surface area (TPSA) is 0 Å². The Balaban J connectivity index is -0.0000000198. The fourth-order valence-electron chi connectivity index (χ4n) is 0. The fraction of sp³-hybridized carbons (Fsp3) is 0.778. The van der Waals surface area contributed by atoms with Crippen LogP contribution in [0.5, 0.6) is 0 Å². The summed E-state index contributed by atoms with van der Waals surface area (Å²) in [5, 5.41) is 0. The van der Waals surface area contributed by atoms with E-state index in [-0.39, 0.29) is 7.43 Å². The van der Waals surface area contributed by atoms with E-state index in [1.165, 1.54) is 25.7 Å². The SMILES string of the molecule is C.C#C.C#CC.CC#CC.CC(C)(C)C.CCC.CCC.CCC.CCC. The quantitative estimate of drug-likeness (QED) is 0.364. The molecule has 0 radical (unpaired) electrons.